The van der Waals surface area contributed by atoms with Crippen molar-refractivity contribution in [1.82, 2.24) is 9.97 Å². The zero-order valence-corrected chi connectivity index (χ0v) is 20.2. The van der Waals surface area contributed by atoms with Crippen molar-refractivity contribution in [3.63, 3.8) is 0 Å². The number of carbonyl (C=O) groups excluding carboxylic acids is 1. The topological polar surface area (TPSA) is 116 Å². The van der Waals surface area contributed by atoms with Gasteiger partial charge in [-0.15, -0.1) is 0 Å². The van der Waals surface area contributed by atoms with Crippen LogP contribution in [0.1, 0.15) is 0 Å². The Labute approximate surface area is 211 Å². The summed E-state index contributed by atoms with van der Waals surface area (Å²) < 4.78 is 22.3. The number of hydrogen-bond donors (Lipinski definition) is 3. The van der Waals surface area contributed by atoms with Crippen molar-refractivity contribution < 1.29 is 23.7 Å². The molecule has 0 saturated heterocycles. The number of fused-ring (bicyclic) bond motifs is 3. The SMILES string of the molecule is COc1cccc(NC(=O)Nc2ccc(Nc3ncnc4cc(OC)c5c(c34)OCCO5)cc2Cl)c1. The van der Waals surface area contributed by atoms with Crippen molar-refractivity contribution in [2.75, 3.05) is 43.4 Å². The zero-order valence-electron chi connectivity index (χ0n) is 19.4. The van der Waals surface area contributed by atoms with Gasteiger partial charge in [-0.05, 0) is 30.3 Å². The number of benzene rings is 3. The Bertz CT molecular complexity index is 1450. The number of halogens is 1. The number of amides is 2. The number of urea groups is 1. The summed E-state index contributed by atoms with van der Waals surface area (Å²) in [5.41, 5.74) is 2.31. The smallest absolute Gasteiger partial charge is 0.323 e. The third-order valence-electron chi connectivity index (χ3n) is 5.41. The van der Waals surface area contributed by atoms with Crippen molar-refractivity contribution >= 4 is 51.4 Å². The second-order valence-electron chi connectivity index (χ2n) is 7.68. The molecule has 10 nitrogen and oxygen atoms in total. The van der Waals surface area contributed by atoms with E-state index in [0.29, 0.717) is 75.0 Å². The molecule has 0 atom stereocenters. The minimum atomic E-state index is -0.439. The second kappa shape index (κ2) is 10.0. The molecular weight excluding hydrogens is 486 g/mol. The van der Waals surface area contributed by atoms with Gasteiger partial charge in [0.15, 0.2) is 11.5 Å². The van der Waals surface area contributed by atoms with E-state index in [2.05, 4.69) is 25.9 Å². The fourth-order valence-corrected chi connectivity index (χ4v) is 4.00. The van der Waals surface area contributed by atoms with Gasteiger partial charge < -0.3 is 34.9 Å². The summed E-state index contributed by atoms with van der Waals surface area (Å²) in [5, 5.41) is 9.74. The molecule has 5 rings (SSSR count). The van der Waals surface area contributed by atoms with E-state index in [1.165, 1.54) is 6.33 Å². The summed E-state index contributed by atoms with van der Waals surface area (Å²) in [6.07, 6.45) is 1.45. The van der Waals surface area contributed by atoms with Gasteiger partial charge in [-0.1, -0.05) is 17.7 Å². The van der Waals surface area contributed by atoms with Crippen LogP contribution >= 0.6 is 11.6 Å². The summed E-state index contributed by atoms with van der Waals surface area (Å²) >= 11 is 6.47. The number of aromatic nitrogens is 2. The number of anilines is 4. The highest BCUT2D eigenvalue weighted by Crippen LogP contribution is 2.47. The third-order valence-corrected chi connectivity index (χ3v) is 5.72. The van der Waals surface area contributed by atoms with Gasteiger partial charge in [0.05, 0.1) is 35.8 Å². The molecule has 0 spiro atoms. The molecule has 36 heavy (non-hydrogen) atoms. The maximum absolute atomic E-state index is 12.5. The number of methoxy groups -OCH3 is 2. The molecule has 0 aliphatic carbocycles. The van der Waals surface area contributed by atoms with E-state index in [-0.39, 0.29) is 0 Å². The average Bonchev–Trinajstić information content (AvgIpc) is 2.90. The summed E-state index contributed by atoms with van der Waals surface area (Å²) in [5.74, 6) is 2.70. The molecule has 0 fully saturated rings. The molecule has 1 aromatic heterocycles. The summed E-state index contributed by atoms with van der Waals surface area (Å²) in [6, 6.07) is 13.5. The Morgan fingerprint density at radius 3 is 2.56 bits per heavy atom. The highest BCUT2D eigenvalue weighted by Gasteiger charge is 2.24. The van der Waals surface area contributed by atoms with Gasteiger partial charge in [-0.25, -0.2) is 14.8 Å². The van der Waals surface area contributed by atoms with E-state index in [1.54, 1.807) is 62.8 Å². The van der Waals surface area contributed by atoms with Crippen LogP contribution in [-0.4, -0.2) is 43.4 Å². The molecule has 0 bridgehead atoms. The van der Waals surface area contributed by atoms with Crippen LogP contribution in [0.25, 0.3) is 10.9 Å². The molecule has 2 amide bonds. The summed E-state index contributed by atoms with van der Waals surface area (Å²) in [7, 11) is 3.12. The molecule has 1 aliphatic heterocycles. The Morgan fingerprint density at radius 2 is 1.78 bits per heavy atom. The predicted octanol–water partition coefficient (Wildman–Crippen LogP) is 5.46. The number of hydrogen-bond acceptors (Lipinski definition) is 8. The van der Waals surface area contributed by atoms with Crippen molar-refractivity contribution in [2.45, 2.75) is 0 Å². The van der Waals surface area contributed by atoms with Crippen LogP contribution in [-0.2, 0) is 0 Å². The fraction of sp³-hybridized carbons (Fsp3) is 0.160. The van der Waals surface area contributed by atoms with Crippen molar-refractivity contribution in [1.29, 1.82) is 0 Å². The van der Waals surface area contributed by atoms with E-state index in [9.17, 15) is 4.79 Å². The lowest BCUT2D eigenvalue weighted by Gasteiger charge is -2.23. The van der Waals surface area contributed by atoms with Crippen LogP contribution in [0.5, 0.6) is 23.0 Å². The highest BCUT2D eigenvalue weighted by molar-refractivity contribution is 6.34. The van der Waals surface area contributed by atoms with E-state index < -0.39 is 6.03 Å². The van der Waals surface area contributed by atoms with Crippen molar-refractivity contribution in [3.8, 4) is 23.0 Å². The Balaban J connectivity index is 1.37. The van der Waals surface area contributed by atoms with Crippen molar-refractivity contribution in [3.05, 3.63) is 59.9 Å². The van der Waals surface area contributed by atoms with Crippen LogP contribution in [0, 0.1) is 0 Å². The molecule has 3 N–H and O–H groups in total. The van der Waals surface area contributed by atoms with Gasteiger partial charge in [0.1, 0.15) is 31.1 Å². The van der Waals surface area contributed by atoms with Gasteiger partial charge in [0.25, 0.3) is 0 Å². The Morgan fingerprint density at radius 1 is 0.944 bits per heavy atom. The number of ether oxygens (including phenoxy) is 4. The average molecular weight is 508 g/mol. The van der Waals surface area contributed by atoms with E-state index in [1.807, 2.05) is 0 Å². The molecule has 0 unspecified atom stereocenters. The minimum Gasteiger partial charge on any atom is -0.497 e. The zero-order chi connectivity index (χ0) is 25.1. The van der Waals surface area contributed by atoms with Gasteiger partial charge in [-0.2, -0.15) is 0 Å². The van der Waals surface area contributed by atoms with Gasteiger partial charge in [0, 0.05) is 23.5 Å². The van der Waals surface area contributed by atoms with Gasteiger partial charge in [-0.3, -0.25) is 0 Å². The maximum Gasteiger partial charge on any atom is 0.323 e. The molecule has 0 saturated carbocycles. The van der Waals surface area contributed by atoms with Crippen molar-refractivity contribution in [2.24, 2.45) is 0 Å². The molecule has 3 aromatic carbocycles. The number of nitrogens with one attached hydrogen (secondary N) is 3. The van der Waals surface area contributed by atoms with Crippen LogP contribution in [0.15, 0.2) is 54.9 Å². The Hall–Kier alpha value is -4.44. The maximum atomic E-state index is 12.5. The highest BCUT2D eigenvalue weighted by atomic mass is 35.5. The van der Waals surface area contributed by atoms with Crippen LogP contribution < -0.4 is 34.9 Å². The molecular formula is C25H22ClN5O5. The van der Waals surface area contributed by atoms with Gasteiger partial charge in [0.2, 0.25) is 5.75 Å². The van der Waals surface area contributed by atoms with Crippen LogP contribution in [0.4, 0.5) is 27.7 Å². The molecule has 0 radical (unpaired) electrons. The lowest BCUT2D eigenvalue weighted by Crippen LogP contribution is -2.19. The quantitative estimate of drug-likeness (QED) is 0.315. The first-order valence-corrected chi connectivity index (χ1v) is 11.3. The normalized spacial score (nSPS) is 12.1. The van der Waals surface area contributed by atoms with Crippen LogP contribution in [0.3, 0.4) is 0 Å². The van der Waals surface area contributed by atoms with Crippen LogP contribution in [0.2, 0.25) is 5.02 Å². The standard InChI is InChI=1S/C25H22ClN5O5/c1-33-16-5-3-4-14(10-16)30-25(32)31-18-7-6-15(11-17(18)26)29-24-21-19(27-13-28-24)12-20(34-2)22-23(21)36-9-8-35-22/h3-7,10-13H,8-9H2,1-2H3,(H,27,28,29)(H2,30,31,32). The molecule has 184 valence electrons. The third kappa shape index (κ3) is 4.71. The lowest BCUT2D eigenvalue weighted by atomic mass is 10.1. The number of rotatable bonds is 6. The predicted molar refractivity (Wildman–Crippen MR) is 137 cm³/mol. The molecule has 2 heterocycles. The van der Waals surface area contributed by atoms with E-state index in [0.717, 1.165) is 0 Å². The first-order valence-electron chi connectivity index (χ1n) is 11.0. The second-order valence-corrected chi connectivity index (χ2v) is 8.09. The minimum absolute atomic E-state index is 0.336. The molecule has 11 heteroatoms. The van der Waals surface area contributed by atoms with E-state index >= 15 is 0 Å². The van der Waals surface area contributed by atoms with Gasteiger partial charge >= 0.3 is 6.03 Å². The number of nitrogens with zero attached hydrogens (tertiary/aromatic N) is 2. The Kier molecular flexibility index (Phi) is 6.50. The molecule has 1 aliphatic rings. The van der Waals surface area contributed by atoms with E-state index in [4.69, 9.17) is 30.5 Å². The fourth-order valence-electron chi connectivity index (χ4n) is 3.77. The summed E-state index contributed by atoms with van der Waals surface area (Å²) in [4.78, 5) is 21.2. The lowest BCUT2D eigenvalue weighted by molar-refractivity contribution is 0.167. The monoisotopic (exact) mass is 507 g/mol. The largest absolute Gasteiger partial charge is 0.497 e. The summed E-state index contributed by atoms with van der Waals surface area (Å²) in [6.45, 7) is 0.814. The molecule has 4 aromatic rings. The first kappa shape index (κ1) is 23.3. The first-order chi connectivity index (χ1) is 17.6. The number of carbonyl (C=O) groups is 1.